The van der Waals surface area contributed by atoms with Crippen LogP contribution in [0.2, 0.25) is 0 Å². The van der Waals surface area contributed by atoms with Crippen molar-refractivity contribution in [2.75, 3.05) is 5.32 Å². The smallest absolute Gasteiger partial charge is 0.244 e. The second-order valence-corrected chi connectivity index (χ2v) is 9.40. The summed E-state index contributed by atoms with van der Waals surface area (Å²) in [6.45, 7) is 1.85. The fraction of sp³-hybridized carbons (Fsp3) is 0.125. The molecule has 1 amide bonds. The molecule has 0 bridgehead atoms. The number of sulfone groups is 1. The van der Waals surface area contributed by atoms with E-state index in [0.717, 1.165) is 5.56 Å². The Kier molecular flexibility index (Phi) is 5.61. The molecule has 1 aromatic heterocycles. The molecule has 0 saturated carbocycles. The Morgan fingerprint density at radius 3 is 2.48 bits per heavy atom. The molecule has 0 spiro atoms. The molecule has 4 rings (SSSR count). The van der Waals surface area contributed by atoms with Gasteiger partial charge in [0.2, 0.25) is 5.91 Å². The van der Waals surface area contributed by atoms with E-state index >= 15 is 0 Å². The number of carbonyl (C=O) groups is 1. The van der Waals surface area contributed by atoms with E-state index in [-0.39, 0.29) is 23.1 Å². The van der Waals surface area contributed by atoms with Gasteiger partial charge < -0.3 is 9.88 Å². The van der Waals surface area contributed by atoms with Gasteiger partial charge in [0.05, 0.1) is 10.6 Å². The van der Waals surface area contributed by atoms with Gasteiger partial charge in [-0.25, -0.2) is 12.8 Å². The summed E-state index contributed by atoms with van der Waals surface area (Å²) < 4.78 is 41.3. The van der Waals surface area contributed by atoms with Gasteiger partial charge in [-0.15, -0.1) is 0 Å². The number of nitrogens with zero attached hydrogens (tertiary/aromatic N) is 1. The van der Waals surface area contributed by atoms with Crippen LogP contribution in [0.25, 0.3) is 10.9 Å². The third-order valence-corrected chi connectivity index (χ3v) is 6.70. The van der Waals surface area contributed by atoms with Gasteiger partial charge >= 0.3 is 0 Å². The summed E-state index contributed by atoms with van der Waals surface area (Å²) in [6.07, 6.45) is 1.50. The fourth-order valence-corrected chi connectivity index (χ4v) is 5.08. The summed E-state index contributed by atoms with van der Waals surface area (Å²) in [5.74, 6) is -0.959. The zero-order chi connectivity index (χ0) is 22.0. The van der Waals surface area contributed by atoms with Gasteiger partial charge in [0, 0.05) is 22.8 Å². The number of hydrogen-bond acceptors (Lipinski definition) is 3. The van der Waals surface area contributed by atoms with E-state index in [4.69, 9.17) is 0 Å². The first-order chi connectivity index (χ1) is 14.8. The van der Waals surface area contributed by atoms with Crippen LogP contribution >= 0.6 is 0 Å². The van der Waals surface area contributed by atoms with Gasteiger partial charge in [0.25, 0.3) is 0 Å². The largest absolute Gasteiger partial charge is 0.337 e. The third kappa shape index (κ3) is 4.67. The van der Waals surface area contributed by atoms with E-state index in [2.05, 4.69) is 5.32 Å². The lowest BCUT2D eigenvalue weighted by Crippen LogP contribution is -2.18. The molecule has 0 radical (unpaired) electrons. The minimum absolute atomic E-state index is 0.100. The van der Waals surface area contributed by atoms with Crippen LogP contribution in [0.5, 0.6) is 0 Å². The minimum atomic E-state index is -3.63. The van der Waals surface area contributed by atoms with Gasteiger partial charge in [0.1, 0.15) is 12.4 Å². The fourth-order valence-electron chi connectivity index (χ4n) is 3.49. The number of anilines is 1. The number of fused-ring (bicyclic) bond motifs is 1. The maximum Gasteiger partial charge on any atom is 0.244 e. The number of para-hydroxylation sites is 1. The van der Waals surface area contributed by atoms with Crippen LogP contribution in [0.3, 0.4) is 0 Å². The van der Waals surface area contributed by atoms with Gasteiger partial charge in [0.15, 0.2) is 9.84 Å². The number of hydrogen-bond donors (Lipinski definition) is 1. The van der Waals surface area contributed by atoms with Crippen molar-refractivity contribution < 1.29 is 17.6 Å². The van der Waals surface area contributed by atoms with E-state index in [9.17, 15) is 17.6 Å². The minimum Gasteiger partial charge on any atom is -0.337 e. The lowest BCUT2D eigenvalue weighted by atomic mass is 10.2. The molecule has 0 saturated heterocycles. The Labute approximate surface area is 180 Å². The molecule has 158 valence electrons. The molecule has 1 heterocycles. The highest BCUT2D eigenvalue weighted by molar-refractivity contribution is 7.90. The van der Waals surface area contributed by atoms with E-state index in [0.29, 0.717) is 22.2 Å². The van der Waals surface area contributed by atoms with Gasteiger partial charge in [-0.2, -0.15) is 0 Å². The standard InChI is InChI=1S/C24H21FN2O3S/c1-17-9-11-18(12-10-17)16-31(29,30)23-14-27(22-8-3-2-7-21(22)23)15-24(28)26-20-6-4-5-19(25)13-20/h2-14H,15-16H2,1H3,(H,26,28). The lowest BCUT2D eigenvalue weighted by Gasteiger charge is -2.07. The number of benzene rings is 3. The molecule has 5 nitrogen and oxygen atoms in total. The Morgan fingerprint density at radius 2 is 1.74 bits per heavy atom. The first kappa shape index (κ1) is 20.8. The topological polar surface area (TPSA) is 68.2 Å². The number of aryl methyl sites for hydroxylation is 1. The number of rotatable bonds is 6. The second kappa shape index (κ2) is 8.35. The van der Waals surface area contributed by atoms with Crippen molar-refractivity contribution in [3.63, 3.8) is 0 Å². The van der Waals surface area contributed by atoms with Crippen LogP contribution in [0.4, 0.5) is 10.1 Å². The molecule has 7 heteroatoms. The molecule has 0 aliphatic rings. The lowest BCUT2D eigenvalue weighted by molar-refractivity contribution is -0.116. The predicted octanol–water partition coefficient (Wildman–Crippen LogP) is 4.70. The zero-order valence-electron chi connectivity index (χ0n) is 16.9. The monoisotopic (exact) mass is 436 g/mol. The first-order valence-electron chi connectivity index (χ1n) is 9.73. The molecule has 3 aromatic carbocycles. The summed E-state index contributed by atoms with van der Waals surface area (Å²) in [7, 11) is -3.63. The second-order valence-electron chi connectivity index (χ2n) is 7.44. The van der Waals surface area contributed by atoms with E-state index in [1.165, 1.54) is 24.4 Å². The van der Waals surface area contributed by atoms with Crippen molar-refractivity contribution in [1.82, 2.24) is 4.57 Å². The summed E-state index contributed by atoms with van der Waals surface area (Å²) >= 11 is 0. The number of aromatic nitrogens is 1. The molecular formula is C24H21FN2O3S. The molecule has 31 heavy (non-hydrogen) atoms. The normalized spacial score (nSPS) is 11.5. The van der Waals surface area contributed by atoms with Crippen molar-refractivity contribution in [1.29, 1.82) is 0 Å². The highest BCUT2D eigenvalue weighted by Gasteiger charge is 2.22. The average Bonchev–Trinajstić information content (AvgIpc) is 3.09. The molecule has 0 aliphatic heterocycles. The van der Waals surface area contributed by atoms with E-state index in [1.54, 1.807) is 47.0 Å². The van der Waals surface area contributed by atoms with Crippen molar-refractivity contribution in [3.05, 3.63) is 95.9 Å². The quantitative estimate of drug-likeness (QED) is 0.476. The van der Waals surface area contributed by atoms with Crippen LogP contribution in [-0.4, -0.2) is 18.9 Å². The van der Waals surface area contributed by atoms with Gasteiger partial charge in [-0.05, 0) is 36.8 Å². The maximum absolute atomic E-state index is 13.4. The van der Waals surface area contributed by atoms with Gasteiger partial charge in [-0.3, -0.25) is 4.79 Å². The molecule has 1 N–H and O–H groups in total. The molecular weight excluding hydrogens is 415 g/mol. The van der Waals surface area contributed by atoms with Crippen LogP contribution in [0.15, 0.2) is 83.9 Å². The molecule has 0 atom stereocenters. The Balaban J connectivity index is 1.64. The average molecular weight is 437 g/mol. The SMILES string of the molecule is Cc1ccc(CS(=O)(=O)c2cn(CC(=O)Nc3cccc(F)c3)c3ccccc23)cc1. The number of nitrogens with one attached hydrogen (secondary N) is 1. The maximum atomic E-state index is 13.4. The predicted molar refractivity (Wildman–Crippen MR) is 119 cm³/mol. The summed E-state index contributed by atoms with van der Waals surface area (Å²) in [6, 6.07) is 20.0. The first-order valence-corrected chi connectivity index (χ1v) is 11.4. The van der Waals surface area contributed by atoms with Crippen LogP contribution in [-0.2, 0) is 26.9 Å². The Bertz CT molecular complexity index is 1360. The third-order valence-electron chi connectivity index (χ3n) is 4.99. The number of halogens is 1. The van der Waals surface area contributed by atoms with Crippen LogP contribution in [0.1, 0.15) is 11.1 Å². The summed E-state index contributed by atoms with van der Waals surface area (Å²) in [5.41, 5.74) is 2.74. The molecule has 0 aliphatic carbocycles. The Hall–Kier alpha value is -3.45. The highest BCUT2D eigenvalue weighted by atomic mass is 32.2. The molecule has 4 aromatic rings. The number of carbonyl (C=O) groups excluding carboxylic acids is 1. The number of amides is 1. The van der Waals surface area contributed by atoms with Gasteiger partial charge in [-0.1, -0.05) is 54.1 Å². The molecule has 0 fully saturated rings. The van der Waals surface area contributed by atoms with Crippen molar-refractivity contribution >= 4 is 32.3 Å². The van der Waals surface area contributed by atoms with Crippen molar-refractivity contribution in [3.8, 4) is 0 Å². The van der Waals surface area contributed by atoms with Crippen molar-refractivity contribution in [2.45, 2.75) is 24.1 Å². The molecule has 0 unspecified atom stereocenters. The highest BCUT2D eigenvalue weighted by Crippen LogP contribution is 2.28. The Morgan fingerprint density at radius 1 is 1.00 bits per heavy atom. The summed E-state index contributed by atoms with van der Waals surface area (Å²) in [5, 5.41) is 3.20. The van der Waals surface area contributed by atoms with Crippen LogP contribution in [0, 0.1) is 12.7 Å². The zero-order valence-corrected chi connectivity index (χ0v) is 17.7. The van der Waals surface area contributed by atoms with E-state index in [1.807, 2.05) is 19.1 Å². The van der Waals surface area contributed by atoms with Crippen molar-refractivity contribution in [2.24, 2.45) is 0 Å². The summed E-state index contributed by atoms with van der Waals surface area (Å²) in [4.78, 5) is 12.7. The van der Waals surface area contributed by atoms with E-state index < -0.39 is 15.7 Å². The van der Waals surface area contributed by atoms with Crippen LogP contribution < -0.4 is 5.32 Å².